The molecule has 2 heterocycles. The standard InChI is InChI=1S/C20H16ClN5O2S/c1-12-5-4-6-13(18(12)21)9-14-10-22-20(29-14)23-17(27)11-26-19(28)15-7-2-3-8-16(15)24-25-26/h2-8,10H,9,11H2,1H3,(H,22,23,27). The number of rotatable bonds is 5. The normalized spacial score (nSPS) is 11.0. The summed E-state index contributed by atoms with van der Waals surface area (Å²) in [7, 11) is 0. The van der Waals surface area contributed by atoms with Crippen molar-refractivity contribution in [2.24, 2.45) is 0 Å². The number of fused-ring (bicyclic) bond motifs is 1. The Balaban J connectivity index is 1.45. The topological polar surface area (TPSA) is 89.8 Å². The molecule has 2 aromatic carbocycles. The number of anilines is 1. The maximum atomic E-state index is 12.4. The first kappa shape index (κ1) is 19.2. The van der Waals surface area contributed by atoms with E-state index in [-0.39, 0.29) is 12.1 Å². The van der Waals surface area contributed by atoms with Crippen molar-refractivity contribution in [2.75, 3.05) is 5.32 Å². The molecule has 1 N–H and O–H groups in total. The van der Waals surface area contributed by atoms with Gasteiger partial charge in [0.2, 0.25) is 5.91 Å². The summed E-state index contributed by atoms with van der Waals surface area (Å²) in [5, 5.41) is 12.1. The van der Waals surface area contributed by atoms with Crippen LogP contribution in [0.4, 0.5) is 5.13 Å². The Morgan fingerprint density at radius 3 is 2.90 bits per heavy atom. The van der Waals surface area contributed by atoms with E-state index < -0.39 is 5.91 Å². The summed E-state index contributed by atoms with van der Waals surface area (Å²) < 4.78 is 1.04. The van der Waals surface area contributed by atoms with Gasteiger partial charge in [-0.2, -0.15) is 0 Å². The molecule has 0 aliphatic rings. The van der Waals surface area contributed by atoms with Crippen molar-refractivity contribution in [3.05, 3.63) is 80.0 Å². The van der Waals surface area contributed by atoms with Crippen LogP contribution in [0, 0.1) is 6.92 Å². The average Bonchev–Trinajstić information content (AvgIpc) is 3.14. The van der Waals surface area contributed by atoms with Gasteiger partial charge in [0, 0.05) is 22.5 Å². The van der Waals surface area contributed by atoms with Crippen molar-refractivity contribution in [1.29, 1.82) is 0 Å². The number of aromatic nitrogens is 4. The summed E-state index contributed by atoms with van der Waals surface area (Å²) >= 11 is 7.71. The Labute approximate surface area is 175 Å². The molecule has 0 unspecified atom stereocenters. The lowest BCUT2D eigenvalue weighted by Gasteiger charge is -2.05. The van der Waals surface area contributed by atoms with Gasteiger partial charge in [0.25, 0.3) is 5.56 Å². The van der Waals surface area contributed by atoms with Crippen LogP contribution in [0.15, 0.2) is 53.5 Å². The maximum absolute atomic E-state index is 12.4. The predicted molar refractivity (Wildman–Crippen MR) is 114 cm³/mol. The molecule has 29 heavy (non-hydrogen) atoms. The fourth-order valence-corrected chi connectivity index (χ4v) is 3.95. The molecule has 0 radical (unpaired) electrons. The van der Waals surface area contributed by atoms with E-state index >= 15 is 0 Å². The van der Waals surface area contributed by atoms with Gasteiger partial charge in [0.15, 0.2) is 5.13 Å². The van der Waals surface area contributed by atoms with Gasteiger partial charge in [0.1, 0.15) is 12.1 Å². The van der Waals surface area contributed by atoms with Crippen molar-refractivity contribution in [1.82, 2.24) is 20.0 Å². The number of nitrogens with one attached hydrogen (secondary N) is 1. The van der Waals surface area contributed by atoms with E-state index in [2.05, 4.69) is 20.6 Å². The van der Waals surface area contributed by atoms with E-state index in [1.54, 1.807) is 30.5 Å². The second kappa shape index (κ2) is 8.10. The molecule has 0 atom stereocenters. The zero-order chi connectivity index (χ0) is 20.4. The van der Waals surface area contributed by atoms with Gasteiger partial charge in [-0.1, -0.05) is 47.1 Å². The predicted octanol–water partition coefficient (Wildman–Crippen LogP) is 3.44. The average molecular weight is 426 g/mol. The molecule has 9 heteroatoms. The number of nitrogens with zero attached hydrogens (tertiary/aromatic N) is 4. The zero-order valence-corrected chi connectivity index (χ0v) is 17.0. The number of thiazole rings is 1. The third-order valence-corrected chi connectivity index (χ3v) is 5.81. The second-order valence-electron chi connectivity index (χ2n) is 6.47. The minimum absolute atomic E-state index is 0.241. The summed E-state index contributed by atoms with van der Waals surface area (Å²) in [6, 6.07) is 12.8. The van der Waals surface area contributed by atoms with Crippen LogP contribution in [0.2, 0.25) is 5.02 Å². The SMILES string of the molecule is Cc1cccc(Cc2cnc(NC(=O)Cn3nnc4ccccc4c3=O)s2)c1Cl. The largest absolute Gasteiger partial charge is 0.300 e. The summed E-state index contributed by atoms with van der Waals surface area (Å²) in [5.74, 6) is -0.397. The molecule has 0 aliphatic heterocycles. The Morgan fingerprint density at radius 2 is 2.03 bits per heavy atom. The number of aryl methyl sites for hydroxylation is 1. The molecule has 0 fully saturated rings. The molecule has 4 aromatic rings. The van der Waals surface area contributed by atoms with Gasteiger partial charge in [-0.05, 0) is 30.2 Å². The highest BCUT2D eigenvalue weighted by Crippen LogP contribution is 2.26. The third-order valence-electron chi connectivity index (χ3n) is 4.36. The molecule has 0 bridgehead atoms. The smallest absolute Gasteiger partial charge is 0.278 e. The quantitative estimate of drug-likeness (QED) is 0.529. The number of carbonyl (C=O) groups excluding carboxylic acids is 1. The monoisotopic (exact) mass is 425 g/mol. The van der Waals surface area contributed by atoms with Crippen molar-refractivity contribution in [3.8, 4) is 0 Å². The number of benzene rings is 2. The van der Waals surface area contributed by atoms with E-state index in [4.69, 9.17) is 11.6 Å². The summed E-state index contributed by atoms with van der Waals surface area (Å²) in [6.07, 6.45) is 2.34. The highest BCUT2D eigenvalue weighted by Gasteiger charge is 2.12. The van der Waals surface area contributed by atoms with E-state index in [9.17, 15) is 9.59 Å². The van der Waals surface area contributed by atoms with E-state index in [0.717, 1.165) is 25.7 Å². The van der Waals surface area contributed by atoms with Crippen LogP contribution in [-0.4, -0.2) is 25.9 Å². The lowest BCUT2D eigenvalue weighted by molar-refractivity contribution is -0.117. The fourth-order valence-electron chi connectivity index (χ4n) is 2.90. The number of hydrogen-bond donors (Lipinski definition) is 1. The lowest BCUT2D eigenvalue weighted by atomic mass is 10.1. The Bertz CT molecular complexity index is 1270. The van der Waals surface area contributed by atoms with Crippen LogP contribution in [-0.2, 0) is 17.8 Å². The van der Waals surface area contributed by atoms with Gasteiger partial charge in [0.05, 0.1) is 5.39 Å². The zero-order valence-electron chi connectivity index (χ0n) is 15.4. The highest BCUT2D eigenvalue weighted by atomic mass is 35.5. The summed E-state index contributed by atoms with van der Waals surface area (Å²) in [6.45, 7) is 1.72. The molecule has 1 amide bonds. The first-order valence-electron chi connectivity index (χ1n) is 8.82. The van der Waals surface area contributed by atoms with Crippen LogP contribution in [0.25, 0.3) is 10.9 Å². The molecule has 146 valence electrons. The van der Waals surface area contributed by atoms with Crippen molar-refractivity contribution in [3.63, 3.8) is 0 Å². The van der Waals surface area contributed by atoms with Gasteiger partial charge in [-0.15, -0.1) is 16.4 Å². The minimum Gasteiger partial charge on any atom is -0.300 e. The van der Waals surface area contributed by atoms with Crippen molar-refractivity contribution >= 4 is 44.9 Å². The van der Waals surface area contributed by atoms with Gasteiger partial charge >= 0.3 is 0 Å². The molecule has 0 saturated heterocycles. The Kier molecular flexibility index (Phi) is 5.37. The number of amides is 1. The van der Waals surface area contributed by atoms with Gasteiger partial charge in [-0.3, -0.25) is 9.59 Å². The summed E-state index contributed by atoms with van der Waals surface area (Å²) in [5.41, 5.74) is 2.16. The van der Waals surface area contributed by atoms with E-state index in [0.29, 0.717) is 22.5 Å². The van der Waals surface area contributed by atoms with Crippen LogP contribution in [0.3, 0.4) is 0 Å². The molecule has 0 spiro atoms. The van der Waals surface area contributed by atoms with Crippen LogP contribution in [0.5, 0.6) is 0 Å². The van der Waals surface area contributed by atoms with E-state index in [1.165, 1.54) is 11.3 Å². The van der Waals surface area contributed by atoms with E-state index in [1.807, 2.05) is 25.1 Å². The highest BCUT2D eigenvalue weighted by molar-refractivity contribution is 7.15. The van der Waals surface area contributed by atoms with Crippen molar-refractivity contribution < 1.29 is 4.79 Å². The molecule has 4 rings (SSSR count). The first-order chi connectivity index (χ1) is 14.0. The number of carbonyl (C=O) groups is 1. The Morgan fingerprint density at radius 1 is 1.21 bits per heavy atom. The van der Waals surface area contributed by atoms with Crippen LogP contribution < -0.4 is 10.9 Å². The maximum Gasteiger partial charge on any atom is 0.278 e. The number of hydrogen-bond acceptors (Lipinski definition) is 6. The van der Waals surface area contributed by atoms with Crippen LogP contribution >= 0.6 is 22.9 Å². The van der Waals surface area contributed by atoms with Crippen LogP contribution in [0.1, 0.15) is 16.0 Å². The molecule has 7 nitrogen and oxygen atoms in total. The molecule has 0 saturated carbocycles. The fraction of sp³-hybridized carbons (Fsp3) is 0.150. The minimum atomic E-state index is -0.397. The van der Waals surface area contributed by atoms with Gasteiger partial charge < -0.3 is 5.32 Å². The first-order valence-corrected chi connectivity index (χ1v) is 10.0. The second-order valence-corrected chi connectivity index (χ2v) is 7.97. The number of halogens is 1. The molecular formula is C20H16ClN5O2S. The van der Waals surface area contributed by atoms with Gasteiger partial charge in [-0.25, -0.2) is 9.67 Å². The molecule has 0 aliphatic carbocycles. The molecular weight excluding hydrogens is 410 g/mol. The summed E-state index contributed by atoms with van der Waals surface area (Å²) in [4.78, 5) is 30.0. The van der Waals surface area contributed by atoms with Crippen molar-refractivity contribution in [2.45, 2.75) is 19.9 Å². The Hall–Kier alpha value is -3.10. The third kappa shape index (κ3) is 4.18. The lowest BCUT2D eigenvalue weighted by Crippen LogP contribution is -2.30. The molecule has 2 aromatic heterocycles.